The number of rotatable bonds is 6. The van der Waals surface area contributed by atoms with Crippen LogP contribution in [0.1, 0.15) is 47.1 Å². The van der Waals surface area contributed by atoms with E-state index in [1.54, 1.807) is 17.3 Å². The van der Waals surface area contributed by atoms with Gasteiger partial charge in [0, 0.05) is 31.0 Å². The smallest absolute Gasteiger partial charge is 0.410 e. The SMILES string of the molecule is CC(C)(C)OC(=O)N(CCNCCc1ccncc1)C(C)(C)C. The molecule has 1 rings (SSSR count). The average molecular weight is 321 g/mol. The Labute approximate surface area is 140 Å². The first-order valence-corrected chi connectivity index (χ1v) is 8.20. The second-order valence-electron chi connectivity index (χ2n) is 7.66. The van der Waals surface area contributed by atoms with Crippen LogP contribution in [0, 0.1) is 0 Å². The molecule has 0 aromatic carbocycles. The standard InChI is InChI=1S/C18H31N3O2/c1-17(2,3)21(16(22)23-18(4,5)6)14-13-20-12-9-15-7-10-19-11-8-15/h7-8,10-11,20H,9,12-14H2,1-6H3. The molecule has 0 aliphatic rings. The fourth-order valence-electron chi connectivity index (χ4n) is 2.12. The Hall–Kier alpha value is -1.62. The summed E-state index contributed by atoms with van der Waals surface area (Å²) in [4.78, 5) is 18.1. The normalized spacial score (nSPS) is 12.1. The highest BCUT2D eigenvalue weighted by atomic mass is 16.6. The molecule has 0 radical (unpaired) electrons. The van der Waals surface area contributed by atoms with E-state index in [4.69, 9.17) is 4.74 Å². The summed E-state index contributed by atoms with van der Waals surface area (Å²) in [5.74, 6) is 0. The number of aromatic nitrogens is 1. The van der Waals surface area contributed by atoms with Gasteiger partial charge in [0.05, 0.1) is 0 Å². The van der Waals surface area contributed by atoms with Crippen LogP contribution >= 0.6 is 0 Å². The van der Waals surface area contributed by atoms with E-state index in [1.165, 1.54) is 5.56 Å². The summed E-state index contributed by atoms with van der Waals surface area (Å²) in [6, 6.07) is 4.04. The van der Waals surface area contributed by atoms with Crippen LogP contribution < -0.4 is 5.32 Å². The summed E-state index contributed by atoms with van der Waals surface area (Å²) in [5.41, 5.74) is 0.511. The lowest BCUT2D eigenvalue weighted by Gasteiger charge is -2.36. The number of ether oxygens (including phenoxy) is 1. The summed E-state index contributed by atoms with van der Waals surface area (Å²) in [6.45, 7) is 14.0. The van der Waals surface area contributed by atoms with Gasteiger partial charge in [-0.15, -0.1) is 0 Å². The number of carbonyl (C=O) groups excluding carboxylic acids is 1. The lowest BCUT2D eigenvalue weighted by Crippen LogP contribution is -2.50. The minimum absolute atomic E-state index is 0.263. The second-order valence-corrected chi connectivity index (χ2v) is 7.66. The molecule has 1 N–H and O–H groups in total. The van der Waals surface area contributed by atoms with Crippen molar-refractivity contribution in [1.82, 2.24) is 15.2 Å². The van der Waals surface area contributed by atoms with Gasteiger partial charge < -0.3 is 15.0 Å². The van der Waals surface area contributed by atoms with E-state index in [1.807, 2.05) is 53.7 Å². The Morgan fingerprint density at radius 3 is 2.26 bits per heavy atom. The van der Waals surface area contributed by atoms with Crippen molar-refractivity contribution in [3.8, 4) is 0 Å². The van der Waals surface area contributed by atoms with Crippen LogP contribution in [0.4, 0.5) is 4.79 Å². The molecular formula is C18H31N3O2. The maximum atomic E-state index is 12.4. The summed E-state index contributed by atoms with van der Waals surface area (Å²) < 4.78 is 5.50. The van der Waals surface area contributed by atoms with Crippen molar-refractivity contribution < 1.29 is 9.53 Å². The molecule has 1 aromatic rings. The average Bonchev–Trinajstić information content (AvgIpc) is 2.40. The maximum Gasteiger partial charge on any atom is 0.410 e. The Morgan fingerprint density at radius 2 is 1.74 bits per heavy atom. The molecule has 130 valence electrons. The Morgan fingerprint density at radius 1 is 1.13 bits per heavy atom. The predicted octanol–water partition coefficient (Wildman–Crippen LogP) is 3.25. The van der Waals surface area contributed by atoms with Gasteiger partial charge in [0.15, 0.2) is 0 Å². The zero-order valence-corrected chi connectivity index (χ0v) is 15.3. The third-order valence-corrected chi connectivity index (χ3v) is 3.28. The van der Waals surface area contributed by atoms with Gasteiger partial charge in [-0.1, -0.05) is 0 Å². The van der Waals surface area contributed by atoms with Crippen LogP contribution in [-0.2, 0) is 11.2 Å². The van der Waals surface area contributed by atoms with Gasteiger partial charge in [0.1, 0.15) is 5.60 Å². The molecule has 1 heterocycles. The van der Waals surface area contributed by atoms with Gasteiger partial charge in [-0.05, 0) is 72.2 Å². The van der Waals surface area contributed by atoms with Crippen molar-refractivity contribution >= 4 is 6.09 Å². The lowest BCUT2D eigenvalue weighted by molar-refractivity contribution is 0.00666. The molecule has 0 aliphatic carbocycles. The van der Waals surface area contributed by atoms with Gasteiger partial charge >= 0.3 is 6.09 Å². The van der Waals surface area contributed by atoms with Crippen molar-refractivity contribution in [3.05, 3.63) is 30.1 Å². The molecule has 0 aliphatic heterocycles. The molecular weight excluding hydrogens is 290 g/mol. The molecule has 0 saturated carbocycles. The van der Waals surface area contributed by atoms with Crippen molar-refractivity contribution in [1.29, 1.82) is 0 Å². The summed E-state index contributed by atoms with van der Waals surface area (Å²) >= 11 is 0. The topological polar surface area (TPSA) is 54.5 Å². The third-order valence-electron chi connectivity index (χ3n) is 3.28. The molecule has 5 heteroatoms. The molecule has 0 unspecified atom stereocenters. The molecule has 5 nitrogen and oxygen atoms in total. The molecule has 23 heavy (non-hydrogen) atoms. The predicted molar refractivity (Wildman–Crippen MR) is 93.5 cm³/mol. The van der Waals surface area contributed by atoms with Crippen LogP contribution in [0.15, 0.2) is 24.5 Å². The highest BCUT2D eigenvalue weighted by Gasteiger charge is 2.30. The van der Waals surface area contributed by atoms with Gasteiger partial charge in [0.2, 0.25) is 0 Å². The van der Waals surface area contributed by atoms with Crippen LogP contribution in [0.25, 0.3) is 0 Å². The van der Waals surface area contributed by atoms with E-state index in [0.717, 1.165) is 19.5 Å². The molecule has 0 fully saturated rings. The fourth-order valence-corrected chi connectivity index (χ4v) is 2.12. The van der Waals surface area contributed by atoms with Crippen LogP contribution in [0.5, 0.6) is 0 Å². The number of pyridine rings is 1. The monoisotopic (exact) mass is 321 g/mol. The van der Waals surface area contributed by atoms with Gasteiger partial charge in [0.25, 0.3) is 0 Å². The summed E-state index contributed by atoms with van der Waals surface area (Å²) in [7, 11) is 0. The summed E-state index contributed by atoms with van der Waals surface area (Å²) in [6.07, 6.45) is 4.30. The molecule has 0 saturated heterocycles. The minimum Gasteiger partial charge on any atom is -0.444 e. The van der Waals surface area contributed by atoms with Gasteiger partial charge in [-0.2, -0.15) is 0 Å². The van der Waals surface area contributed by atoms with Crippen molar-refractivity contribution in [2.75, 3.05) is 19.6 Å². The molecule has 0 spiro atoms. The fraction of sp³-hybridized carbons (Fsp3) is 0.667. The lowest BCUT2D eigenvalue weighted by atomic mass is 10.1. The first-order chi connectivity index (χ1) is 10.6. The quantitative estimate of drug-likeness (QED) is 0.817. The van der Waals surface area contributed by atoms with Gasteiger partial charge in [-0.25, -0.2) is 4.79 Å². The first-order valence-electron chi connectivity index (χ1n) is 8.20. The van der Waals surface area contributed by atoms with Crippen LogP contribution in [-0.4, -0.2) is 46.8 Å². The number of carbonyl (C=O) groups is 1. The molecule has 0 bridgehead atoms. The van der Waals surface area contributed by atoms with E-state index in [9.17, 15) is 4.79 Å². The van der Waals surface area contributed by atoms with Gasteiger partial charge in [-0.3, -0.25) is 4.98 Å². The first kappa shape index (κ1) is 19.4. The Bertz CT molecular complexity index is 475. The zero-order chi connectivity index (χ0) is 17.5. The van der Waals surface area contributed by atoms with E-state index in [0.29, 0.717) is 6.54 Å². The second kappa shape index (κ2) is 8.29. The minimum atomic E-state index is -0.477. The molecule has 1 amide bonds. The molecule has 0 atom stereocenters. The Kier molecular flexibility index (Phi) is 7.01. The number of nitrogens with zero attached hydrogens (tertiary/aromatic N) is 2. The zero-order valence-electron chi connectivity index (χ0n) is 15.3. The number of hydrogen-bond acceptors (Lipinski definition) is 4. The largest absolute Gasteiger partial charge is 0.444 e. The Balaban J connectivity index is 2.41. The van der Waals surface area contributed by atoms with Crippen molar-refractivity contribution in [3.63, 3.8) is 0 Å². The number of hydrogen-bond donors (Lipinski definition) is 1. The van der Waals surface area contributed by atoms with Crippen LogP contribution in [0.3, 0.4) is 0 Å². The van der Waals surface area contributed by atoms with Crippen LogP contribution in [0.2, 0.25) is 0 Å². The third kappa shape index (κ3) is 7.98. The van der Waals surface area contributed by atoms with Crippen molar-refractivity contribution in [2.24, 2.45) is 0 Å². The van der Waals surface area contributed by atoms with E-state index >= 15 is 0 Å². The van der Waals surface area contributed by atoms with Crippen molar-refractivity contribution in [2.45, 2.75) is 59.1 Å². The maximum absolute atomic E-state index is 12.4. The number of nitrogens with one attached hydrogen (secondary N) is 1. The van der Waals surface area contributed by atoms with E-state index in [-0.39, 0.29) is 11.6 Å². The van der Waals surface area contributed by atoms with E-state index in [2.05, 4.69) is 10.3 Å². The highest BCUT2D eigenvalue weighted by molar-refractivity contribution is 5.69. The molecule has 1 aromatic heterocycles. The highest BCUT2D eigenvalue weighted by Crippen LogP contribution is 2.17. The van der Waals surface area contributed by atoms with E-state index < -0.39 is 5.60 Å². The number of amides is 1. The summed E-state index contributed by atoms with van der Waals surface area (Å²) in [5, 5.41) is 3.38.